The van der Waals surface area contributed by atoms with Crippen LogP contribution in [0.1, 0.15) is 19.8 Å². The Kier molecular flexibility index (Phi) is 7.36. The monoisotopic (exact) mass is 493 g/mol. The Bertz CT molecular complexity index is 1280. The van der Waals surface area contributed by atoms with Crippen molar-refractivity contribution in [2.75, 3.05) is 34.2 Å². The number of nitrogens with zero attached hydrogens (tertiary/aromatic N) is 2. The first-order valence-electron chi connectivity index (χ1n) is 11.4. The molecular formula is C26H27N3O5S. The lowest BCUT2D eigenvalue weighted by atomic mass is 10.2. The summed E-state index contributed by atoms with van der Waals surface area (Å²) in [5.41, 5.74) is 1.99. The first-order chi connectivity index (χ1) is 16.9. The molecule has 3 aromatic rings. The van der Waals surface area contributed by atoms with E-state index in [0.29, 0.717) is 36.6 Å². The summed E-state index contributed by atoms with van der Waals surface area (Å²) in [6, 6.07) is 22.0. The zero-order valence-electron chi connectivity index (χ0n) is 19.4. The summed E-state index contributed by atoms with van der Waals surface area (Å²) >= 11 is 0. The molecule has 4 rings (SSSR count). The predicted octanol–water partition coefficient (Wildman–Crippen LogP) is 4.05. The van der Waals surface area contributed by atoms with Crippen LogP contribution in [0.2, 0.25) is 0 Å². The van der Waals surface area contributed by atoms with Crippen LogP contribution in [0.4, 0.5) is 17.1 Å². The van der Waals surface area contributed by atoms with Crippen LogP contribution in [0.3, 0.4) is 0 Å². The van der Waals surface area contributed by atoms with Crippen LogP contribution in [0.5, 0.6) is 5.75 Å². The summed E-state index contributed by atoms with van der Waals surface area (Å²) in [4.78, 5) is 26.0. The molecule has 0 atom stereocenters. The van der Waals surface area contributed by atoms with E-state index in [2.05, 4.69) is 5.32 Å². The number of amides is 2. The zero-order chi connectivity index (χ0) is 24.8. The second-order valence-corrected chi connectivity index (χ2v) is 9.87. The van der Waals surface area contributed by atoms with Crippen molar-refractivity contribution in [1.29, 1.82) is 0 Å². The Labute approximate surface area is 205 Å². The van der Waals surface area contributed by atoms with E-state index < -0.39 is 10.0 Å². The van der Waals surface area contributed by atoms with Gasteiger partial charge in [0.15, 0.2) is 6.61 Å². The smallest absolute Gasteiger partial charge is 0.264 e. The van der Waals surface area contributed by atoms with Gasteiger partial charge in [-0.1, -0.05) is 18.2 Å². The maximum atomic E-state index is 13.1. The molecular weight excluding hydrogens is 466 g/mol. The van der Waals surface area contributed by atoms with Gasteiger partial charge in [0, 0.05) is 30.9 Å². The van der Waals surface area contributed by atoms with Crippen molar-refractivity contribution in [3.63, 3.8) is 0 Å². The number of hydrogen-bond donors (Lipinski definition) is 1. The van der Waals surface area contributed by atoms with Gasteiger partial charge in [0.2, 0.25) is 5.91 Å². The van der Waals surface area contributed by atoms with Crippen molar-refractivity contribution in [3.8, 4) is 5.75 Å². The normalized spacial score (nSPS) is 13.5. The van der Waals surface area contributed by atoms with E-state index in [1.807, 2.05) is 6.07 Å². The third-order valence-electron chi connectivity index (χ3n) is 5.65. The van der Waals surface area contributed by atoms with Gasteiger partial charge in [-0.3, -0.25) is 13.9 Å². The Morgan fingerprint density at radius 3 is 2.29 bits per heavy atom. The average Bonchev–Trinajstić information content (AvgIpc) is 3.30. The minimum absolute atomic E-state index is 0.108. The molecule has 0 unspecified atom stereocenters. The maximum Gasteiger partial charge on any atom is 0.264 e. The number of sulfonamides is 1. The molecule has 3 aromatic carbocycles. The molecule has 0 aliphatic carbocycles. The second kappa shape index (κ2) is 10.6. The number of nitrogens with one attached hydrogen (secondary N) is 1. The SMILES string of the molecule is CCN(c1ccccc1)S(=O)(=O)c1ccc(OCC(=O)Nc2ccc(N3CCCC3=O)cc2)cc1. The Balaban J connectivity index is 1.33. The molecule has 0 bridgehead atoms. The number of benzene rings is 3. The molecule has 1 aliphatic heterocycles. The molecule has 0 radical (unpaired) electrons. The van der Waals surface area contributed by atoms with Crippen molar-refractivity contribution in [3.05, 3.63) is 78.9 Å². The Morgan fingerprint density at radius 2 is 1.69 bits per heavy atom. The topological polar surface area (TPSA) is 96.0 Å². The van der Waals surface area contributed by atoms with Crippen molar-refractivity contribution in [2.45, 2.75) is 24.7 Å². The third kappa shape index (κ3) is 5.63. The van der Waals surface area contributed by atoms with E-state index in [-0.39, 0.29) is 23.3 Å². The van der Waals surface area contributed by atoms with Crippen molar-refractivity contribution < 1.29 is 22.7 Å². The van der Waals surface area contributed by atoms with Gasteiger partial charge in [-0.05, 0) is 74.0 Å². The van der Waals surface area contributed by atoms with Gasteiger partial charge in [0.05, 0.1) is 10.6 Å². The highest BCUT2D eigenvalue weighted by Crippen LogP contribution is 2.25. The number of para-hydroxylation sites is 1. The fourth-order valence-corrected chi connectivity index (χ4v) is 5.39. The molecule has 1 aliphatic rings. The molecule has 1 N–H and O–H groups in total. The second-order valence-electron chi connectivity index (χ2n) is 8.01. The van der Waals surface area contributed by atoms with Gasteiger partial charge in [0.1, 0.15) is 5.75 Å². The van der Waals surface area contributed by atoms with E-state index in [1.54, 1.807) is 60.4 Å². The summed E-state index contributed by atoms with van der Waals surface area (Å²) in [6.07, 6.45) is 1.41. The van der Waals surface area contributed by atoms with Crippen LogP contribution in [-0.2, 0) is 19.6 Å². The van der Waals surface area contributed by atoms with Gasteiger partial charge >= 0.3 is 0 Å². The molecule has 8 nitrogen and oxygen atoms in total. The van der Waals surface area contributed by atoms with Crippen molar-refractivity contribution in [1.82, 2.24) is 0 Å². The lowest BCUT2D eigenvalue weighted by Crippen LogP contribution is -2.30. The highest BCUT2D eigenvalue weighted by atomic mass is 32.2. The van der Waals surface area contributed by atoms with Crippen LogP contribution in [-0.4, -0.2) is 39.9 Å². The number of hydrogen-bond acceptors (Lipinski definition) is 5. The Morgan fingerprint density at radius 1 is 1.00 bits per heavy atom. The molecule has 0 aromatic heterocycles. The van der Waals surface area contributed by atoms with Crippen LogP contribution in [0, 0.1) is 0 Å². The molecule has 0 saturated carbocycles. The van der Waals surface area contributed by atoms with E-state index in [9.17, 15) is 18.0 Å². The summed E-state index contributed by atoms with van der Waals surface area (Å²) in [5, 5.41) is 2.75. The molecule has 1 fully saturated rings. The molecule has 1 saturated heterocycles. The third-order valence-corrected chi connectivity index (χ3v) is 7.57. The summed E-state index contributed by atoms with van der Waals surface area (Å²) in [7, 11) is -3.73. The van der Waals surface area contributed by atoms with Gasteiger partial charge in [0.25, 0.3) is 15.9 Å². The average molecular weight is 494 g/mol. The number of carbonyl (C=O) groups is 2. The van der Waals surface area contributed by atoms with E-state index in [4.69, 9.17) is 4.74 Å². The molecule has 35 heavy (non-hydrogen) atoms. The lowest BCUT2D eigenvalue weighted by Gasteiger charge is -2.23. The minimum atomic E-state index is -3.73. The van der Waals surface area contributed by atoms with Crippen LogP contribution in [0.25, 0.3) is 0 Å². The van der Waals surface area contributed by atoms with Crippen molar-refractivity contribution >= 4 is 38.9 Å². The summed E-state index contributed by atoms with van der Waals surface area (Å²) < 4.78 is 33.0. The first kappa shape index (κ1) is 24.3. The molecule has 0 spiro atoms. The number of anilines is 3. The minimum Gasteiger partial charge on any atom is -0.484 e. The largest absolute Gasteiger partial charge is 0.484 e. The summed E-state index contributed by atoms with van der Waals surface area (Å²) in [6.45, 7) is 2.55. The molecule has 9 heteroatoms. The molecule has 182 valence electrons. The van der Waals surface area contributed by atoms with Gasteiger partial charge < -0.3 is 15.0 Å². The highest BCUT2D eigenvalue weighted by molar-refractivity contribution is 7.92. The van der Waals surface area contributed by atoms with Gasteiger partial charge in [-0.2, -0.15) is 0 Å². The molecule has 1 heterocycles. The van der Waals surface area contributed by atoms with Gasteiger partial charge in [-0.25, -0.2) is 8.42 Å². The number of rotatable bonds is 9. The highest BCUT2D eigenvalue weighted by Gasteiger charge is 2.24. The molecule has 2 amide bonds. The first-order valence-corrected chi connectivity index (χ1v) is 12.8. The zero-order valence-corrected chi connectivity index (χ0v) is 20.2. The fraction of sp³-hybridized carbons (Fsp3) is 0.231. The Hall–Kier alpha value is -3.85. The fourth-order valence-electron chi connectivity index (χ4n) is 3.91. The van der Waals surface area contributed by atoms with E-state index >= 15 is 0 Å². The number of carbonyl (C=O) groups excluding carboxylic acids is 2. The van der Waals surface area contributed by atoms with Crippen molar-refractivity contribution in [2.24, 2.45) is 0 Å². The maximum absolute atomic E-state index is 13.1. The standard InChI is InChI=1S/C26H27N3O5S/c1-2-29(22-7-4-3-5-8-22)35(32,33)24-16-14-23(15-17-24)34-19-25(30)27-20-10-12-21(13-11-20)28-18-6-9-26(28)31/h3-5,7-8,10-17H,2,6,9,18-19H2,1H3,(H,27,30). The lowest BCUT2D eigenvalue weighted by molar-refractivity contribution is -0.118. The van der Waals surface area contributed by atoms with Crippen LogP contribution < -0.4 is 19.3 Å². The quantitative estimate of drug-likeness (QED) is 0.485. The van der Waals surface area contributed by atoms with E-state index in [1.165, 1.54) is 28.6 Å². The summed E-state index contributed by atoms with van der Waals surface area (Å²) in [5.74, 6) is 0.133. The van der Waals surface area contributed by atoms with Crippen LogP contribution >= 0.6 is 0 Å². The number of ether oxygens (including phenoxy) is 1. The van der Waals surface area contributed by atoms with Crippen LogP contribution in [0.15, 0.2) is 83.8 Å². The van der Waals surface area contributed by atoms with Gasteiger partial charge in [-0.15, -0.1) is 0 Å². The predicted molar refractivity (Wildman–Crippen MR) is 135 cm³/mol. The van der Waals surface area contributed by atoms with E-state index in [0.717, 1.165) is 12.1 Å².